The van der Waals surface area contributed by atoms with Gasteiger partial charge in [-0.2, -0.15) is 0 Å². The number of rotatable bonds is 4. The fraction of sp³-hybridized carbons (Fsp3) is 0. The first-order valence-electron chi connectivity index (χ1n) is 16.4. The molecule has 10 aromatic rings. The van der Waals surface area contributed by atoms with Crippen LogP contribution in [-0.4, -0.2) is 0 Å². The lowest BCUT2D eigenvalue weighted by Crippen LogP contribution is -2.10. The zero-order valence-corrected chi connectivity index (χ0v) is 26.9. The predicted octanol–water partition coefficient (Wildman–Crippen LogP) is 13.8. The molecule has 48 heavy (non-hydrogen) atoms. The number of fused-ring (bicyclic) bond motifs is 10. The maximum Gasteiger partial charge on any atom is 0.0540 e. The standard InChI is InChI=1S/C46H29NS/c1-2-13-34-30(11-1)12-9-21-44(34)47(33-27-28-40-38-16-4-3-14-36(38)37-15-5-6-17-39(37)43(40)29-33)32-25-23-31(24-26-32)35-19-10-20-42-41-18-7-8-22-45(41)48-46(35)42/h1-29H. The molecule has 10 rings (SSSR count). The van der Waals surface area contributed by atoms with Crippen LogP contribution in [0.3, 0.4) is 0 Å². The molecule has 0 aliphatic rings. The lowest BCUT2D eigenvalue weighted by Gasteiger charge is -2.27. The van der Waals surface area contributed by atoms with Crippen LogP contribution >= 0.6 is 11.3 Å². The fourth-order valence-electron chi connectivity index (χ4n) is 7.63. The molecule has 0 radical (unpaired) electrons. The van der Waals surface area contributed by atoms with Crippen LogP contribution in [0.15, 0.2) is 176 Å². The van der Waals surface area contributed by atoms with Crippen LogP contribution in [0.25, 0.3) is 74.4 Å². The van der Waals surface area contributed by atoms with E-state index in [1.54, 1.807) is 0 Å². The van der Waals surface area contributed by atoms with Crippen LogP contribution in [0.2, 0.25) is 0 Å². The Kier molecular flexibility index (Phi) is 6.12. The van der Waals surface area contributed by atoms with Crippen molar-refractivity contribution in [3.63, 3.8) is 0 Å². The number of hydrogen-bond acceptors (Lipinski definition) is 2. The molecule has 0 spiro atoms. The Morgan fingerprint density at radius 2 is 0.896 bits per heavy atom. The molecule has 0 aliphatic carbocycles. The molecule has 0 aliphatic heterocycles. The smallest absolute Gasteiger partial charge is 0.0540 e. The Labute approximate surface area is 282 Å². The highest BCUT2D eigenvalue weighted by molar-refractivity contribution is 7.26. The summed E-state index contributed by atoms with van der Waals surface area (Å²) in [7, 11) is 0. The molecule has 0 atom stereocenters. The molecular weight excluding hydrogens is 599 g/mol. The minimum Gasteiger partial charge on any atom is -0.310 e. The van der Waals surface area contributed by atoms with E-state index in [0.717, 1.165) is 17.1 Å². The first kappa shape index (κ1) is 27.2. The number of anilines is 3. The molecule has 1 nitrogen and oxygen atoms in total. The van der Waals surface area contributed by atoms with Crippen molar-refractivity contribution in [1.29, 1.82) is 0 Å². The Morgan fingerprint density at radius 3 is 1.65 bits per heavy atom. The first-order valence-corrected chi connectivity index (χ1v) is 17.3. The molecular formula is C46H29NS. The van der Waals surface area contributed by atoms with E-state index in [2.05, 4.69) is 181 Å². The number of nitrogens with zero attached hydrogens (tertiary/aromatic N) is 1. The summed E-state index contributed by atoms with van der Waals surface area (Å²) in [5.74, 6) is 0. The molecule has 2 heteroatoms. The average molecular weight is 628 g/mol. The van der Waals surface area contributed by atoms with E-state index < -0.39 is 0 Å². The van der Waals surface area contributed by atoms with Gasteiger partial charge in [0, 0.05) is 36.9 Å². The van der Waals surface area contributed by atoms with Gasteiger partial charge in [0.15, 0.2) is 0 Å². The zero-order chi connectivity index (χ0) is 31.6. The van der Waals surface area contributed by atoms with E-state index in [4.69, 9.17) is 0 Å². The van der Waals surface area contributed by atoms with Crippen molar-refractivity contribution in [2.45, 2.75) is 0 Å². The molecule has 0 saturated carbocycles. The van der Waals surface area contributed by atoms with Gasteiger partial charge < -0.3 is 4.90 Å². The van der Waals surface area contributed by atoms with Crippen LogP contribution < -0.4 is 4.90 Å². The fourth-order valence-corrected chi connectivity index (χ4v) is 8.87. The van der Waals surface area contributed by atoms with Gasteiger partial charge in [0.2, 0.25) is 0 Å². The first-order chi connectivity index (χ1) is 23.8. The van der Waals surface area contributed by atoms with Crippen LogP contribution in [0.1, 0.15) is 0 Å². The third kappa shape index (κ3) is 4.17. The number of benzene rings is 9. The summed E-state index contributed by atoms with van der Waals surface area (Å²) in [4.78, 5) is 2.43. The van der Waals surface area contributed by atoms with Gasteiger partial charge in [-0.3, -0.25) is 0 Å². The van der Waals surface area contributed by atoms with E-state index in [0.29, 0.717) is 0 Å². The molecule has 1 heterocycles. The van der Waals surface area contributed by atoms with Gasteiger partial charge in [0.05, 0.1) is 5.69 Å². The molecule has 224 valence electrons. The van der Waals surface area contributed by atoms with Crippen LogP contribution in [-0.2, 0) is 0 Å². The van der Waals surface area contributed by atoms with E-state index in [1.807, 2.05) is 11.3 Å². The quantitative estimate of drug-likeness (QED) is 0.176. The minimum atomic E-state index is 1.13. The lowest BCUT2D eigenvalue weighted by molar-refractivity contribution is 1.30. The van der Waals surface area contributed by atoms with E-state index in [-0.39, 0.29) is 0 Å². The second kappa shape index (κ2) is 10.8. The van der Waals surface area contributed by atoms with Gasteiger partial charge in [0.1, 0.15) is 0 Å². The van der Waals surface area contributed by atoms with Crippen LogP contribution in [0, 0.1) is 0 Å². The van der Waals surface area contributed by atoms with Crippen molar-refractivity contribution in [2.75, 3.05) is 4.90 Å². The molecule has 0 N–H and O–H groups in total. The van der Waals surface area contributed by atoms with Gasteiger partial charge in [-0.25, -0.2) is 0 Å². The molecule has 0 bridgehead atoms. The summed E-state index contributed by atoms with van der Waals surface area (Å²) in [5.41, 5.74) is 5.93. The summed E-state index contributed by atoms with van der Waals surface area (Å²) in [6.45, 7) is 0. The Bertz CT molecular complexity index is 2800. The van der Waals surface area contributed by atoms with Crippen molar-refractivity contribution in [3.8, 4) is 11.1 Å². The van der Waals surface area contributed by atoms with Gasteiger partial charge in [-0.1, -0.05) is 140 Å². The molecule has 0 saturated heterocycles. The predicted molar refractivity (Wildman–Crippen MR) is 209 cm³/mol. The monoisotopic (exact) mass is 627 g/mol. The average Bonchev–Trinajstić information content (AvgIpc) is 3.55. The second-order valence-electron chi connectivity index (χ2n) is 12.5. The Morgan fingerprint density at radius 1 is 0.354 bits per heavy atom. The minimum absolute atomic E-state index is 1.13. The summed E-state index contributed by atoms with van der Waals surface area (Å²) in [6, 6.07) is 64.5. The van der Waals surface area contributed by atoms with Crippen molar-refractivity contribution in [2.24, 2.45) is 0 Å². The maximum absolute atomic E-state index is 2.43. The van der Waals surface area contributed by atoms with Crippen molar-refractivity contribution in [3.05, 3.63) is 176 Å². The van der Waals surface area contributed by atoms with E-state index >= 15 is 0 Å². The molecule has 1 aromatic heterocycles. The van der Waals surface area contributed by atoms with Crippen molar-refractivity contribution < 1.29 is 0 Å². The lowest BCUT2D eigenvalue weighted by atomic mass is 9.94. The highest BCUT2D eigenvalue weighted by Crippen LogP contribution is 2.44. The molecule has 0 amide bonds. The summed E-state index contributed by atoms with van der Waals surface area (Å²) < 4.78 is 2.67. The zero-order valence-electron chi connectivity index (χ0n) is 26.1. The highest BCUT2D eigenvalue weighted by Gasteiger charge is 2.18. The normalized spacial score (nSPS) is 11.8. The van der Waals surface area contributed by atoms with E-state index in [9.17, 15) is 0 Å². The highest BCUT2D eigenvalue weighted by atomic mass is 32.1. The third-order valence-corrected chi connectivity index (χ3v) is 11.1. The summed E-state index contributed by atoms with van der Waals surface area (Å²) in [5, 5.41) is 12.8. The number of hydrogen-bond donors (Lipinski definition) is 0. The second-order valence-corrected chi connectivity index (χ2v) is 13.5. The Balaban J connectivity index is 1.19. The van der Waals surface area contributed by atoms with Crippen molar-refractivity contribution >= 4 is 91.7 Å². The van der Waals surface area contributed by atoms with Gasteiger partial charge >= 0.3 is 0 Å². The summed E-state index contributed by atoms with van der Waals surface area (Å²) >= 11 is 1.88. The SMILES string of the molecule is c1ccc2c(N(c3ccc(-c4cccc5c4sc4ccccc45)cc3)c3ccc4c5ccccc5c5ccccc5c4c3)cccc2c1. The largest absolute Gasteiger partial charge is 0.310 e. The van der Waals surface area contributed by atoms with Crippen molar-refractivity contribution in [1.82, 2.24) is 0 Å². The summed E-state index contributed by atoms with van der Waals surface area (Å²) in [6.07, 6.45) is 0. The molecule has 0 fully saturated rings. The van der Waals surface area contributed by atoms with Crippen LogP contribution in [0.5, 0.6) is 0 Å². The van der Waals surface area contributed by atoms with Gasteiger partial charge in [0.25, 0.3) is 0 Å². The number of thiophene rings is 1. The molecule has 0 unspecified atom stereocenters. The van der Waals surface area contributed by atoms with Gasteiger partial charge in [-0.05, 0) is 85.2 Å². The van der Waals surface area contributed by atoms with E-state index in [1.165, 1.54) is 74.4 Å². The molecule has 9 aromatic carbocycles. The third-order valence-electron chi connectivity index (χ3n) is 9.83. The van der Waals surface area contributed by atoms with Crippen LogP contribution in [0.4, 0.5) is 17.1 Å². The Hall–Kier alpha value is -5.96. The topological polar surface area (TPSA) is 3.24 Å². The van der Waals surface area contributed by atoms with Gasteiger partial charge in [-0.15, -0.1) is 11.3 Å². The maximum atomic E-state index is 2.43.